The number of hydrogen-bond donors (Lipinski definition) is 2. The SMILES string of the molecule is CN(C(=O)c1ccccn1)c1cccc(C(N)=NO)c1. The molecule has 0 bridgehead atoms. The second kappa shape index (κ2) is 5.83. The van der Waals surface area contributed by atoms with Crippen LogP contribution in [-0.2, 0) is 0 Å². The molecule has 1 amide bonds. The Labute approximate surface area is 116 Å². The molecule has 6 heteroatoms. The number of rotatable bonds is 3. The number of benzene rings is 1. The lowest BCUT2D eigenvalue weighted by Gasteiger charge is -2.17. The molecule has 0 atom stereocenters. The van der Waals surface area contributed by atoms with Gasteiger partial charge in [-0.05, 0) is 24.3 Å². The average molecular weight is 270 g/mol. The van der Waals surface area contributed by atoms with Gasteiger partial charge in [-0.1, -0.05) is 23.4 Å². The Hall–Kier alpha value is -2.89. The van der Waals surface area contributed by atoms with Crippen LogP contribution in [0.25, 0.3) is 0 Å². The third kappa shape index (κ3) is 2.74. The van der Waals surface area contributed by atoms with Crippen LogP contribution in [0.15, 0.2) is 53.8 Å². The first-order valence-corrected chi connectivity index (χ1v) is 5.90. The number of anilines is 1. The van der Waals surface area contributed by atoms with Crippen LogP contribution in [0.1, 0.15) is 16.1 Å². The summed E-state index contributed by atoms with van der Waals surface area (Å²) in [6.45, 7) is 0. The predicted octanol–water partition coefficient (Wildman–Crippen LogP) is 1.45. The molecule has 2 rings (SSSR count). The third-order valence-electron chi connectivity index (χ3n) is 2.83. The van der Waals surface area contributed by atoms with Crippen molar-refractivity contribution in [2.75, 3.05) is 11.9 Å². The number of nitrogens with zero attached hydrogens (tertiary/aromatic N) is 3. The number of nitrogens with two attached hydrogens (primary N) is 1. The number of hydrogen-bond acceptors (Lipinski definition) is 4. The summed E-state index contributed by atoms with van der Waals surface area (Å²) >= 11 is 0. The van der Waals surface area contributed by atoms with Crippen LogP contribution in [0.5, 0.6) is 0 Å². The molecule has 0 saturated carbocycles. The molecule has 20 heavy (non-hydrogen) atoms. The number of pyridine rings is 1. The van der Waals surface area contributed by atoms with E-state index in [1.807, 2.05) is 0 Å². The average Bonchev–Trinajstić information content (AvgIpc) is 2.53. The Morgan fingerprint density at radius 1 is 1.30 bits per heavy atom. The highest BCUT2D eigenvalue weighted by atomic mass is 16.4. The molecule has 0 radical (unpaired) electrons. The van der Waals surface area contributed by atoms with Gasteiger partial charge in [0, 0.05) is 24.5 Å². The molecule has 0 aliphatic heterocycles. The van der Waals surface area contributed by atoms with E-state index >= 15 is 0 Å². The Morgan fingerprint density at radius 3 is 2.75 bits per heavy atom. The van der Waals surface area contributed by atoms with E-state index in [-0.39, 0.29) is 11.7 Å². The maximum atomic E-state index is 12.2. The largest absolute Gasteiger partial charge is 0.409 e. The molecular weight excluding hydrogens is 256 g/mol. The lowest BCUT2D eigenvalue weighted by molar-refractivity contribution is 0.0988. The topological polar surface area (TPSA) is 91.8 Å². The predicted molar refractivity (Wildman–Crippen MR) is 75.9 cm³/mol. The van der Waals surface area contributed by atoms with Crippen LogP contribution in [0, 0.1) is 0 Å². The molecule has 6 nitrogen and oxygen atoms in total. The smallest absolute Gasteiger partial charge is 0.276 e. The van der Waals surface area contributed by atoms with Crippen LogP contribution >= 0.6 is 0 Å². The Bertz CT molecular complexity index is 641. The second-order valence-electron chi connectivity index (χ2n) is 4.11. The Morgan fingerprint density at radius 2 is 2.10 bits per heavy atom. The zero-order chi connectivity index (χ0) is 14.5. The first-order valence-electron chi connectivity index (χ1n) is 5.90. The number of carbonyl (C=O) groups is 1. The van der Waals surface area contributed by atoms with E-state index in [4.69, 9.17) is 10.9 Å². The maximum Gasteiger partial charge on any atom is 0.276 e. The Kier molecular flexibility index (Phi) is 3.95. The number of amides is 1. The van der Waals surface area contributed by atoms with Gasteiger partial charge >= 0.3 is 0 Å². The monoisotopic (exact) mass is 270 g/mol. The molecule has 1 aromatic carbocycles. The van der Waals surface area contributed by atoms with E-state index in [0.717, 1.165) is 0 Å². The van der Waals surface area contributed by atoms with Crippen LogP contribution in [0.4, 0.5) is 5.69 Å². The molecular formula is C14H14N4O2. The third-order valence-corrected chi connectivity index (χ3v) is 2.83. The second-order valence-corrected chi connectivity index (χ2v) is 4.11. The highest BCUT2D eigenvalue weighted by Crippen LogP contribution is 2.16. The van der Waals surface area contributed by atoms with E-state index in [2.05, 4.69) is 10.1 Å². The van der Waals surface area contributed by atoms with Crippen molar-refractivity contribution in [3.63, 3.8) is 0 Å². The van der Waals surface area contributed by atoms with Gasteiger partial charge in [0.2, 0.25) is 0 Å². The van der Waals surface area contributed by atoms with Gasteiger partial charge in [-0.15, -0.1) is 0 Å². The molecule has 0 unspecified atom stereocenters. The minimum absolute atomic E-state index is 0.00876. The van der Waals surface area contributed by atoms with Crippen molar-refractivity contribution in [1.82, 2.24) is 4.98 Å². The van der Waals surface area contributed by atoms with Gasteiger partial charge in [0.15, 0.2) is 5.84 Å². The number of carbonyl (C=O) groups excluding carboxylic acids is 1. The summed E-state index contributed by atoms with van der Waals surface area (Å²) in [6, 6.07) is 12.0. The fraction of sp³-hybridized carbons (Fsp3) is 0.0714. The first kappa shape index (κ1) is 13.5. The van der Waals surface area contributed by atoms with Gasteiger partial charge in [0.05, 0.1) is 0 Å². The fourth-order valence-corrected chi connectivity index (χ4v) is 1.71. The van der Waals surface area contributed by atoms with Gasteiger partial charge in [-0.3, -0.25) is 9.78 Å². The first-order chi connectivity index (χ1) is 9.63. The van der Waals surface area contributed by atoms with Crippen molar-refractivity contribution in [2.45, 2.75) is 0 Å². The summed E-state index contributed by atoms with van der Waals surface area (Å²) in [5.74, 6) is -0.243. The van der Waals surface area contributed by atoms with E-state index in [1.54, 1.807) is 55.7 Å². The summed E-state index contributed by atoms with van der Waals surface area (Å²) in [5.41, 5.74) is 7.05. The number of amidine groups is 1. The van der Waals surface area contributed by atoms with Crippen LogP contribution in [0.3, 0.4) is 0 Å². The number of aromatic nitrogens is 1. The van der Waals surface area contributed by atoms with Crippen LogP contribution in [-0.4, -0.2) is 29.0 Å². The van der Waals surface area contributed by atoms with E-state index < -0.39 is 0 Å². The van der Waals surface area contributed by atoms with Crippen molar-refractivity contribution < 1.29 is 10.0 Å². The van der Waals surface area contributed by atoms with Gasteiger partial charge in [0.1, 0.15) is 5.69 Å². The molecule has 0 aliphatic carbocycles. The summed E-state index contributed by atoms with van der Waals surface area (Å²) in [4.78, 5) is 17.7. The maximum absolute atomic E-state index is 12.2. The van der Waals surface area contributed by atoms with E-state index in [0.29, 0.717) is 16.9 Å². The summed E-state index contributed by atoms with van der Waals surface area (Å²) in [7, 11) is 1.64. The molecule has 0 aliphatic rings. The lowest BCUT2D eigenvalue weighted by atomic mass is 10.1. The summed E-state index contributed by atoms with van der Waals surface area (Å²) in [5, 5.41) is 11.6. The molecule has 3 N–H and O–H groups in total. The minimum Gasteiger partial charge on any atom is -0.409 e. The molecule has 1 aromatic heterocycles. The van der Waals surface area contributed by atoms with Gasteiger partial charge in [-0.2, -0.15) is 0 Å². The zero-order valence-corrected chi connectivity index (χ0v) is 10.9. The summed E-state index contributed by atoms with van der Waals surface area (Å²) in [6.07, 6.45) is 1.56. The molecule has 1 heterocycles. The zero-order valence-electron chi connectivity index (χ0n) is 10.9. The molecule has 0 saturated heterocycles. The van der Waals surface area contributed by atoms with E-state index in [1.165, 1.54) is 4.90 Å². The van der Waals surface area contributed by atoms with Gasteiger partial charge in [0.25, 0.3) is 5.91 Å². The standard InChI is InChI=1S/C14H14N4O2/c1-18(14(19)12-7-2-3-8-16-12)11-6-4-5-10(9-11)13(15)17-20/h2-9,20H,1H3,(H2,15,17). The lowest BCUT2D eigenvalue weighted by Crippen LogP contribution is -2.27. The quantitative estimate of drug-likeness (QED) is 0.382. The molecule has 0 spiro atoms. The molecule has 102 valence electrons. The van der Waals surface area contributed by atoms with Crippen molar-refractivity contribution in [3.8, 4) is 0 Å². The number of oxime groups is 1. The highest BCUT2D eigenvalue weighted by Gasteiger charge is 2.15. The van der Waals surface area contributed by atoms with Crippen molar-refractivity contribution in [2.24, 2.45) is 10.9 Å². The van der Waals surface area contributed by atoms with Crippen LogP contribution < -0.4 is 10.6 Å². The van der Waals surface area contributed by atoms with Gasteiger partial charge in [-0.25, -0.2) is 0 Å². The molecule has 2 aromatic rings. The fourth-order valence-electron chi connectivity index (χ4n) is 1.71. The molecule has 0 fully saturated rings. The summed E-state index contributed by atoms with van der Waals surface area (Å²) < 4.78 is 0. The minimum atomic E-state index is -0.234. The van der Waals surface area contributed by atoms with Gasteiger partial charge < -0.3 is 15.8 Å². The Balaban J connectivity index is 2.30. The highest BCUT2D eigenvalue weighted by molar-refractivity contribution is 6.05. The van der Waals surface area contributed by atoms with Crippen molar-refractivity contribution in [3.05, 3.63) is 59.9 Å². The van der Waals surface area contributed by atoms with E-state index in [9.17, 15) is 4.79 Å². The van der Waals surface area contributed by atoms with Crippen molar-refractivity contribution in [1.29, 1.82) is 0 Å². The van der Waals surface area contributed by atoms with Crippen LogP contribution in [0.2, 0.25) is 0 Å². The normalized spacial score (nSPS) is 11.2. The van der Waals surface area contributed by atoms with Crippen molar-refractivity contribution >= 4 is 17.4 Å².